The molecule has 0 amide bonds. The van der Waals surface area contributed by atoms with Crippen LogP contribution < -0.4 is 0 Å². The normalized spacial score (nSPS) is 21.9. The summed E-state index contributed by atoms with van der Waals surface area (Å²) in [5.41, 5.74) is -0.551. The highest BCUT2D eigenvalue weighted by Gasteiger charge is 2.46. The van der Waals surface area contributed by atoms with Crippen LogP contribution in [0.25, 0.3) is 6.08 Å². The van der Waals surface area contributed by atoms with Crippen molar-refractivity contribution in [2.24, 2.45) is 0 Å². The predicted molar refractivity (Wildman–Crippen MR) is 122 cm³/mol. The minimum atomic E-state index is -1.73. The number of hydrogen-bond acceptors (Lipinski definition) is 5. The number of thiophene rings is 2. The van der Waals surface area contributed by atoms with E-state index in [-0.39, 0.29) is 6.10 Å². The summed E-state index contributed by atoms with van der Waals surface area (Å²) in [6, 6.07) is 17.5. The summed E-state index contributed by atoms with van der Waals surface area (Å²) in [5.74, 6) is -0.578. The molecule has 4 nitrogen and oxygen atoms in total. The number of benzene rings is 1. The van der Waals surface area contributed by atoms with Gasteiger partial charge in [0.1, 0.15) is 6.54 Å². The molecule has 1 saturated heterocycles. The first kappa shape index (κ1) is 21.0. The quantitative estimate of drug-likeness (QED) is 0.434. The smallest absolute Gasteiger partial charge is 0.349 e. The van der Waals surface area contributed by atoms with Crippen LogP contribution in [0.3, 0.4) is 0 Å². The van der Waals surface area contributed by atoms with Crippen LogP contribution in [0, 0.1) is 0 Å². The Balaban J connectivity index is 1.42. The van der Waals surface area contributed by atoms with Gasteiger partial charge in [-0.05, 0) is 34.5 Å². The van der Waals surface area contributed by atoms with Gasteiger partial charge in [-0.2, -0.15) is 0 Å². The van der Waals surface area contributed by atoms with Gasteiger partial charge < -0.3 is 14.3 Å². The van der Waals surface area contributed by atoms with Gasteiger partial charge in [-0.25, -0.2) is 4.79 Å². The van der Waals surface area contributed by atoms with E-state index < -0.39 is 11.6 Å². The third kappa shape index (κ3) is 4.42. The van der Waals surface area contributed by atoms with Crippen molar-refractivity contribution in [2.45, 2.75) is 18.1 Å². The second kappa shape index (κ2) is 8.86. The number of likely N-dealkylation sites (tertiary alicyclic amines) is 1. The third-order valence-corrected chi connectivity index (χ3v) is 7.57. The number of ether oxygens (including phenoxy) is 1. The molecule has 1 aromatic carbocycles. The average molecular weight is 441 g/mol. The van der Waals surface area contributed by atoms with Gasteiger partial charge in [-0.15, -0.1) is 22.7 Å². The van der Waals surface area contributed by atoms with E-state index >= 15 is 0 Å². The fraction of sp³-hybridized carbons (Fsp3) is 0.292. The zero-order valence-electron chi connectivity index (χ0n) is 16.9. The van der Waals surface area contributed by atoms with Crippen molar-refractivity contribution in [2.75, 3.05) is 26.7 Å². The largest absolute Gasteiger partial charge is 0.453 e. The highest BCUT2D eigenvalue weighted by Crippen LogP contribution is 2.37. The van der Waals surface area contributed by atoms with Crippen molar-refractivity contribution in [3.8, 4) is 0 Å². The van der Waals surface area contributed by atoms with Crippen molar-refractivity contribution in [1.82, 2.24) is 0 Å². The topological polar surface area (TPSA) is 46.5 Å². The number of hydrogen-bond donors (Lipinski definition) is 1. The molecule has 2 atom stereocenters. The Morgan fingerprint density at radius 2 is 1.80 bits per heavy atom. The summed E-state index contributed by atoms with van der Waals surface area (Å²) in [7, 11) is 2.19. The van der Waals surface area contributed by atoms with Crippen LogP contribution in [0.2, 0.25) is 0 Å². The summed E-state index contributed by atoms with van der Waals surface area (Å²) in [4.78, 5) is 14.3. The van der Waals surface area contributed by atoms with Crippen LogP contribution in [-0.4, -0.2) is 48.3 Å². The lowest BCUT2D eigenvalue weighted by molar-refractivity contribution is -0.893. The molecular formula is C24H26NO3S2+. The lowest BCUT2D eigenvalue weighted by Crippen LogP contribution is -2.44. The SMILES string of the molecule is C[N@+]1(CC=Cc2ccccc2)CCC(OC(=O)C(O)(c2cccs2)c2cccs2)C1. The standard InChI is InChI=1S/C24H26NO3S2/c1-25(14-5-10-19-8-3-2-4-9-19)15-13-20(18-25)28-23(26)24(27,21-11-6-16-29-21)22-12-7-17-30-22/h2-12,16-17,20,27H,13-15,18H2,1H3/q+1/t20?,25-/m0/s1. The maximum absolute atomic E-state index is 13.1. The van der Waals surface area contributed by atoms with E-state index in [9.17, 15) is 9.90 Å². The number of carbonyl (C=O) groups excluding carboxylic acids is 1. The summed E-state index contributed by atoms with van der Waals surface area (Å²) >= 11 is 2.73. The molecule has 0 radical (unpaired) electrons. The van der Waals surface area contributed by atoms with E-state index in [2.05, 4.69) is 31.3 Å². The second-order valence-corrected chi connectivity index (χ2v) is 9.90. The van der Waals surface area contributed by atoms with Crippen LogP contribution >= 0.6 is 22.7 Å². The molecule has 3 aromatic rings. The third-order valence-electron chi connectivity index (χ3n) is 5.62. The summed E-state index contributed by atoms with van der Waals surface area (Å²) in [6.45, 7) is 2.56. The van der Waals surface area contributed by atoms with Gasteiger partial charge >= 0.3 is 5.97 Å². The van der Waals surface area contributed by atoms with Gasteiger partial charge in [0.05, 0.1) is 29.9 Å². The molecule has 0 bridgehead atoms. The van der Waals surface area contributed by atoms with Gasteiger partial charge in [0, 0.05) is 6.42 Å². The maximum Gasteiger partial charge on any atom is 0.349 e. The summed E-state index contributed by atoms with van der Waals surface area (Å²) < 4.78 is 6.69. The lowest BCUT2D eigenvalue weighted by Gasteiger charge is -2.29. The molecule has 4 rings (SSSR count). The van der Waals surface area contributed by atoms with Gasteiger partial charge in [0.15, 0.2) is 6.10 Å². The zero-order valence-corrected chi connectivity index (χ0v) is 18.6. The Morgan fingerprint density at radius 1 is 1.13 bits per heavy atom. The number of aliphatic hydroxyl groups is 1. The minimum Gasteiger partial charge on any atom is -0.453 e. The molecule has 1 aliphatic heterocycles. The average Bonchev–Trinajstić information content (AvgIpc) is 3.51. The Kier molecular flexibility index (Phi) is 6.20. The van der Waals surface area contributed by atoms with E-state index in [4.69, 9.17) is 4.74 Å². The van der Waals surface area contributed by atoms with Gasteiger partial charge in [-0.3, -0.25) is 0 Å². The van der Waals surface area contributed by atoms with E-state index in [1.54, 1.807) is 12.1 Å². The van der Waals surface area contributed by atoms with E-state index in [0.717, 1.165) is 30.5 Å². The van der Waals surface area contributed by atoms with Crippen LogP contribution in [0.1, 0.15) is 21.7 Å². The number of esters is 1. The maximum atomic E-state index is 13.1. The van der Waals surface area contributed by atoms with E-state index in [1.165, 1.54) is 28.2 Å². The number of rotatable bonds is 7. The number of carbonyl (C=O) groups is 1. The van der Waals surface area contributed by atoms with Crippen molar-refractivity contribution < 1.29 is 19.1 Å². The molecule has 1 fully saturated rings. The zero-order chi connectivity index (χ0) is 21.0. The first-order valence-corrected chi connectivity index (χ1v) is 11.8. The summed E-state index contributed by atoms with van der Waals surface area (Å²) in [6.07, 6.45) is 4.92. The summed E-state index contributed by atoms with van der Waals surface area (Å²) in [5, 5.41) is 15.1. The Hall–Kier alpha value is -2.25. The molecule has 2 aromatic heterocycles. The molecule has 0 saturated carbocycles. The molecule has 1 N–H and O–H groups in total. The van der Waals surface area contributed by atoms with E-state index in [1.807, 2.05) is 41.1 Å². The van der Waals surface area contributed by atoms with Gasteiger partial charge in [0.25, 0.3) is 0 Å². The fourth-order valence-electron chi connectivity index (χ4n) is 3.93. The number of likely N-dealkylation sites (N-methyl/N-ethyl adjacent to an activating group) is 1. The van der Waals surface area contributed by atoms with Crippen molar-refractivity contribution >= 4 is 34.7 Å². The Labute approximate surface area is 185 Å². The first-order chi connectivity index (χ1) is 14.5. The van der Waals surface area contributed by atoms with E-state index in [0.29, 0.717) is 9.75 Å². The second-order valence-electron chi connectivity index (χ2n) is 8.00. The minimum absolute atomic E-state index is 0.195. The Morgan fingerprint density at radius 3 is 2.40 bits per heavy atom. The van der Waals surface area contributed by atoms with Crippen LogP contribution in [-0.2, 0) is 15.1 Å². The number of nitrogens with zero attached hydrogens (tertiary/aromatic N) is 1. The molecule has 3 heterocycles. The van der Waals surface area contributed by atoms with Gasteiger partial charge in [0.2, 0.25) is 5.60 Å². The van der Waals surface area contributed by atoms with Crippen molar-refractivity contribution in [1.29, 1.82) is 0 Å². The molecule has 6 heteroatoms. The molecule has 0 spiro atoms. The lowest BCUT2D eigenvalue weighted by atomic mass is 10.00. The van der Waals surface area contributed by atoms with Gasteiger partial charge in [-0.1, -0.05) is 48.5 Å². The first-order valence-electron chi connectivity index (χ1n) is 10.1. The van der Waals surface area contributed by atoms with Crippen molar-refractivity contribution in [3.05, 3.63) is 86.8 Å². The molecular weight excluding hydrogens is 414 g/mol. The Bertz CT molecular complexity index is 949. The van der Waals surface area contributed by atoms with Crippen LogP contribution in [0.15, 0.2) is 71.4 Å². The van der Waals surface area contributed by atoms with Crippen LogP contribution in [0.5, 0.6) is 0 Å². The van der Waals surface area contributed by atoms with Crippen LogP contribution in [0.4, 0.5) is 0 Å². The fourth-order valence-corrected chi connectivity index (χ4v) is 5.64. The molecule has 1 aliphatic rings. The molecule has 0 aliphatic carbocycles. The molecule has 156 valence electrons. The highest BCUT2D eigenvalue weighted by atomic mass is 32.1. The number of quaternary nitrogens is 1. The van der Waals surface area contributed by atoms with Crippen molar-refractivity contribution in [3.63, 3.8) is 0 Å². The predicted octanol–water partition coefficient (Wildman–Crippen LogP) is 4.52. The molecule has 30 heavy (non-hydrogen) atoms. The highest BCUT2D eigenvalue weighted by molar-refractivity contribution is 7.12. The molecule has 1 unspecified atom stereocenters. The monoisotopic (exact) mass is 440 g/mol.